The van der Waals surface area contributed by atoms with Crippen molar-refractivity contribution in [1.82, 2.24) is 24.9 Å². The number of nitrogens with one attached hydrogen (secondary N) is 3. The normalized spacial score (nSPS) is 12.6. The first-order valence-corrected chi connectivity index (χ1v) is 10.0. The molecule has 0 amide bonds. The summed E-state index contributed by atoms with van der Waals surface area (Å²) < 4.78 is 5.52. The van der Waals surface area contributed by atoms with Crippen molar-refractivity contribution in [1.29, 1.82) is 0 Å². The van der Waals surface area contributed by atoms with Gasteiger partial charge in [0.15, 0.2) is 0 Å². The topological polar surface area (TPSA) is 155 Å². The summed E-state index contributed by atoms with van der Waals surface area (Å²) in [5.74, 6) is 0.274. The number of hydrogen-bond acceptors (Lipinski definition) is 8. The number of hydrogen-bond donors (Lipinski definition) is 5. The minimum absolute atomic E-state index is 0.00708. The van der Waals surface area contributed by atoms with Gasteiger partial charge in [0.05, 0.1) is 11.2 Å². The number of anilines is 1. The first-order valence-electron chi connectivity index (χ1n) is 10.0. The zero-order chi connectivity index (χ0) is 22.6. The van der Waals surface area contributed by atoms with Gasteiger partial charge in [0.1, 0.15) is 12.7 Å². The van der Waals surface area contributed by atoms with E-state index in [1.54, 1.807) is 6.20 Å². The van der Waals surface area contributed by atoms with Crippen LogP contribution in [0, 0.1) is 13.8 Å². The number of aryl methyl sites for hydroxylation is 2. The maximum Gasteiger partial charge on any atom is 0.294 e. The summed E-state index contributed by atoms with van der Waals surface area (Å²) in [6, 6.07) is 4.13. The van der Waals surface area contributed by atoms with E-state index in [1.165, 1.54) is 6.20 Å². The number of aromatic nitrogens is 5. The van der Waals surface area contributed by atoms with Crippen molar-refractivity contribution in [3.63, 3.8) is 0 Å². The number of imidazole rings is 1. The summed E-state index contributed by atoms with van der Waals surface area (Å²) in [5.41, 5.74) is 9.15. The van der Waals surface area contributed by atoms with Gasteiger partial charge in [0, 0.05) is 42.3 Å². The number of aromatic amines is 2. The average Bonchev–Trinajstić information content (AvgIpc) is 3.09. The largest absolute Gasteiger partial charge is 0.462 e. The number of H-pyrrole nitrogens is 2. The third-order valence-electron chi connectivity index (χ3n) is 4.63. The lowest BCUT2D eigenvalue weighted by Crippen LogP contribution is -2.30. The fourth-order valence-electron chi connectivity index (χ4n) is 3.04. The summed E-state index contributed by atoms with van der Waals surface area (Å²) >= 11 is 0. The van der Waals surface area contributed by atoms with Crippen LogP contribution in [0.2, 0.25) is 0 Å². The van der Waals surface area contributed by atoms with E-state index in [-0.39, 0.29) is 24.7 Å². The van der Waals surface area contributed by atoms with Crippen molar-refractivity contribution in [2.75, 3.05) is 18.5 Å². The van der Waals surface area contributed by atoms with Gasteiger partial charge in [-0.05, 0) is 39.3 Å². The molecule has 3 aromatic rings. The van der Waals surface area contributed by atoms with Crippen LogP contribution in [0.3, 0.4) is 0 Å². The maximum atomic E-state index is 12.3. The highest BCUT2D eigenvalue weighted by atomic mass is 16.5. The minimum atomic E-state index is -0.844. The van der Waals surface area contributed by atoms with Crippen LogP contribution in [0.5, 0.6) is 6.01 Å². The van der Waals surface area contributed by atoms with Gasteiger partial charge in [-0.15, -0.1) is 0 Å². The lowest BCUT2D eigenvalue weighted by Gasteiger charge is -2.16. The molecule has 3 heterocycles. The van der Waals surface area contributed by atoms with Gasteiger partial charge in [0.25, 0.3) is 11.6 Å². The van der Waals surface area contributed by atoms with E-state index in [0.29, 0.717) is 23.7 Å². The Kier molecular flexibility index (Phi) is 6.71. The van der Waals surface area contributed by atoms with Crippen LogP contribution in [0.15, 0.2) is 29.3 Å². The van der Waals surface area contributed by atoms with E-state index in [4.69, 9.17) is 10.5 Å². The molecule has 0 saturated heterocycles. The Morgan fingerprint density at radius 1 is 1.23 bits per heavy atom. The Morgan fingerprint density at radius 2 is 2.00 bits per heavy atom. The second-order valence-corrected chi connectivity index (χ2v) is 8.15. The number of aliphatic hydroxyl groups excluding tert-OH is 1. The van der Waals surface area contributed by atoms with Crippen LogP contribution in [0.1, 0.15) is 42.1 Å². The molecule has 0 fully saturated rings. The zero-order valence-corrected chi connectivity index (χ0v) is 18.2. The van der Waals surface area contributed by atoms with Crippen molar-refractivity contribution in [2.45, 2.75) is 45.8 Å². The summed E-state index contributed by atoms with van der Waals surface area (Å²) in [6.07, 6.45) is 2.86. The lowest BCUT2D eigenvalue weighted by atomic mass is 10.0. The fourth-order valence-corrected chi connectivity index (χ4v) is 3.04. The highest BCUT2D eigenvalue weighted by molar-refractivity contribution is 5.28. The van der Waals surface area contributed by atoms with Crippen LogP contribution in [-0.2, 0) is 12.0 Å². The minimum Gasteiger partial charge on any atom is -0.462 e. The molecule has 0 saturated carbocycles. The van der Waals surface area contributed by atoms with Crippen LogP contribution in [0.25, 0.3) is 0 Å². The molecule has 31 heavy (non-hydrogen) atoms. The third-order valence-corrected chi connectivity index (χ3v) is 4.63. The Labute approximate surface area is 180 Å². The molecule has 166 valence electrons. The van der Waals surface area contributed by atoms with Crippen molar-refractivity contribution in [2.24, 2.45) is 5.73 Å². The second-order valence-electron chi connectivity index (χ2n) is 8.15. The van der Waals surface area contributed by atoms with Gasteiger partial charge >= 0.3 is 0 Å². The Bertz CT molecular complexity index is 1070. The molecule has 0 aliphatic rings. The van der Waals surface area contributed by atoms with Gasteiger partial charge in [-0.1, -0.05) is 6.07 Å². The molecular weight excluding hydrogens is 398 g/mol. The van der Waals surface area contributed by atoms with E-state index in [2.05, 4.69) is 30.2 Å². The molecule has 3 aromatic heterocycles. The standard InChI is InChI=1S/C21H29N7O3/c1-12-5-6-14(8-23-12)7-15-9-24-19(28-18(15)30)25-10-16(29)11-31-20-26-13(2)17(27-20)21(3,4)22/h5-6,8-9,16,29H,7,10-11,22H2,1-4H3,(H,26,27)(H2,24,25,28,30). The summed E-state index contributed by atoms with van der Waals surface area (Å²) in [4.78, 5) is 30.8. The van der Waals surface area contributed by atoms with Crippen LogP contribution in [0.4, 0.5) is 5.95 Å². The molecule has 0 aromatic carbocycles. The highest BCUT2D eigenvalue weighted by Crippen LogP contribution is 2.21. The number of rotatable bonds is 9. The molecule has 1 atom stereocenters. The molecule has 6 N–H and O–H groups in total. The Morgan fingerprint density at radius 3 is 2.61 bits per heavy atom. The first-order chi connectivity index (χ1) is 14.6. The molecule has 1 unspecified atom stereocenters. The quantitative estimate of drug-likeness (QED) is 0.340. The molecule has 0 bridgehead atoms. The molecule has 0 spiro atoms. The monoisotopic (exact) mass is 427 g/mol. The number of pyridine rings is 1. The predicted octanol–water partition coefficient (Wildman–Crippen LogP) is 1.14. The first kappa shape index (κ1) is 22.4. The van der Waals surface area contributed by atoms with Gasteiger partial charge in [0.2, 0.25) is 5.95 Å². The summed E-state index contributed by atoms with van der Waals surface area (Å²) in [7, 11) is 0. The maximum absolute atomic E-state index is 12.3. The van der Waals surface area contributed by atoms with Crippen molar-refractivity contribution in [3.05, 3.63) is 63.1 Å². The van der Waals surface area contributed by atoms with Gasteiger partial charge < -0.3 is 25.9 Å². The molecule has 10 heteroatoms. The third kappa shape index (κ3) is 6.12. The smallest absolute Gasteiger partial charge is 0.294 e. The molecule has 0 radical (unpaired) electrons. The Hall–Kier alpha value is -3.24. The van der Waals surface area contributed by atoms with E-state index in [9.17, 15) is 9.90 Å². The van der Waals surface area contributed by atoms with E-state index >= 15 is 0 Å². The van der Waals surface area contributed by atoms with E-state index < -0.39 is 11.6 Å². The van der Waals surface area contributed by atoms with Crippen LogP contribution >= 0.6 is 0 Å². The van der Waals surface area contributed by atoms with E-state index in [1.807, 2.05) is 39.8 Å². The van der Waals surface area contributed by atoms with E-state index in [0.717, 1.165) is 17.0 Å². The Balaban J connectivity index is 1.51. The van der Waals surface area contributed by atoms with Gasteiger partial charge in [-0.3, -0.25) is 14.8 Å². The average molecular weight is 428 g/mol. The second kappa shape index (κ2) is 9.27. The number of nitrogens with two attached hydrogens (primary N) is 1. The lowest BCUT2D eigenvalue weighted by molar-refractivity contribution is 0.112. The summed E-state index contributed by atoms with van der Waals surface area (Å²) in [5, 5.41) is 13.1. The van der Waals surface area contributed by atoms with Crippen LogP contribution in [-0.4, -0.2) is 49.3 Å². The van der Waals surface area contributed by atoms with Gasteiger partial charge in [-0.25, -0.2) is 4.98 Å². The number of aliphatic hydroxyl groups is 1. The van der Waals surface area contributed by atoms with Crippen LogP contribution < -0.4 is 21.3 Å². The van der Waals surface area contributed by atoms with Crippen molar-refractivity contribution >= 4 is 5.95 Å². The zero-order valence-electron chi connectivity index (χ0n) is 18.2. The molecule has 3 rings (SSSR count). The molecule has 0 aliphatic heterocycles. The number of ether oxygens (including phenoxy) is 1. The molecule has 10 nitrogen and oxygen atoms in total. The van der Waals surface area contributed by atoms with Crippen molar-refractivity contribution < 1.29 is 9.84 Å². The van der Waals surface area contributed by atoms with Gasteiger partial charge in [-0.2, -0.15) is 4.98 Å². The predicted molar refractivity (Wildman–Crippen MR) is 117 cm³/mol. The SMILES string of the molecule is Cc1ccc(Cc2cnc(NCC(O)COc3nc(C(C)(C)N)c(C)[nH]3)[nH]c2=O)cn1. The molecular formula is C21H29N7O3. The fraction of sp³-hybridized carbons (Fsp3) is 0.429. The summed E-state index contributed by atoms with van der Waals surface area (Å²) in [6.45, 7) is 7.63. The number of nitrogens with zero attached hydrogens (tertiary/aromatic N) is 3. The van der Waals surface area contributed by atoms with Crippen molar-refractivity contribution in [3.8, 4) is 6.01 Å². The molecule has 0 aliphatic carbocycles. The highest BCUT2D eigenvalue weighted by Gasteiger charge is 2.22.